The molecule has 7 heteroatoms. The zero-order valence-electron chi connectivity index (χ0n) is 11.2. The fourth-order valence-electron chi connectivity index (χ4n) is 2.45. The number of rotatable bonds is 4. The number of nitrogens with two attached hydrogens (primary N) is 1. The third-order valence-corrected chi connectivity index (χ3v) is 5.36. The molecular weight excluding hydrogens is 303 g/mol. The molecule has 20 heavy (non-hydrogen) atoms. The zero-order chi connectivity index (χ0) is 13.9. The molecule has 0 spiro atoms. The minimum absolute atomic E-state index is 0. The van der Waals surface area contributed by atoms with Gasteiger partial charge in [0.1, 0.15) is 5.82 Å². The SMILES string of the molecule is Cl.NCC1CCCCN1S(=O)(=O)Cc1ccc(F)cc1. The van der Waals surface area contributed by atoms with Crippen LogP contribution in [-0.2, 0) is 15.8 Å². The van der Waals surface area contributed by atoms with Crippen molar-refractivity contribution in [2.75, 3.05) is 13.1 Å². The molecule has 2 rings (SSSR count). The molecule has 0 aromatic heterocycles. The molecule has 1 unspecified atom stereocenters. The molecule has 0 radical (unpaired) electrons. The Morgan fingerprint density at radius 1 is 1.25 bits per heavy atom. The Balaban J connectivity index is 0.00000200. The van der Waals surface area contributed by atoms with E-state index < -0.39 is 10.0 Å². The first-order chi connectivity index (χ1) is 9.03. The maximum absolute atomic E-state index is 12.8. The first-order valence-corrected chi connectivity index (χ1v) is 8.08. The summed E-state index contributed by atoms with van der Waals surface area (Å²) in [4.78, 5) is 0. The number of nitrogens with zero attached hydrogens (tertiary/aromatic N) is 1. The summed E-state index contributed by atoms with van der Waals surface area (Å²) in [6.45, 7) is 0.883. The van der Waals surface area contributed by atoms with Gasteiger partial charge >= 0.3 is 0 Å². The summed E-state index contributed by atoms with van der Waals surface area (Å²) in [7, 11) is -3.38. The predicted octanol–water partition coefficient (Wildman–Crippen LogP) is 1.89. The van der Waals surface area contributed by atoms with Crippen LogP contribution in [0.25, 0.3) is 0 Å². The molecule has 4 nitrogen and oxygen atoms in total. The number of benzene rings is 1. The van der Waals surface area contributed by atoms with E-state index in [0.29, 0.717) is 18.7 Å². The predicted molar refractivity (Wildman–Crippen MR) is 79.7 cm³/mol. The molecule has 0 amide bonds. The molecule has 114 valence electrons. The fourth-order valence-corrected chi connectivity index (χ4v) is 4.28. The van der Waals surface area contributed by atoms with Crippen LogP contribution in [0.4, 0.5) is 4.39 Å². The van der Waals surface area contributed by atoms with Crippen molar-refractivity contribution in [1.82, 2.24) is 4.31 Å². The summed E-state index contributed by atoms with van der Waals surface area (Å²) in [5, 5.41) is 0. The molecule has 2 N–H and O–H groups in total. The number of hydrogen-bond acceptors (Lipinski definition) is 3. The maximum atomic E-state index is 12.8. The fraction of sp³-hybridized carbons (Fsp3) is 0.538. The molecule has 1 aromatic carbocycles. The zero-order valence-corrected chi connectivity index (χ0v) is 12.8. The van der Waals surface area contributed by atoms with Gasteiger partial charge in [-0.05, 0) is 30.5 Å². The summed E-state index contributed by atoms with van der Waals surface area (Å²) < 4.78 is 39.1. The Morgan fingerprint density at radius 3 is 2.50 bits per heavy atom. The second-order valence-electron chi connectivity index (χ2n) is 4.88. The molecule has 1 heterocycles. The number of halogens is 2. The van der Waals surface area contributed by atoms with Gasteiger partial charge in [-0.2, -0.15) is 4.31 Å². The molecule has 0 aliphatic carbocycles. The molecule has 1 fully saturated rings. The van der Waals surface area contributed by atoms with Crippen molar-refractivity contribution in [2.45, 2.75) is 31.1 Å². The van der Waals surface area contributed by atoms with Crippen molar-refractivity contribution in [1.29, 1.82) is 0 Å². The largest absolute Gasteiger partial charge is 0.329 e. The highest BCUT2D eigenvalue weighted by Gasteiger charge is 2.31. The van der Waals surface area contributed by atoms with Gasteiger partial charge in [0.25, 0.3) is 0 Å². The smallest absolute Gasteiger partial charge is 0.218 e. The Hall–Kier alpha value is -0.690. The Morgan fingerprint density at radius 2 is 1.90 bits per heavy atom. The van der Waals surface area contributed by atoms with Crippen LogP contribution in [-0.4, -0.2) is 31.9 Å². The minimum atomic E-state index is -3.38. The average molecular weight is 323 g/mol. The molecule has 1 aliphatic heterocycles. The van der Waals surface area contributed by atoms with Crippen LogP contribution in [0.2, 0.25) is 0 Å². The van der Waals surface area contributed by atoms with E-state index in [4.69, 9.17) is 5.73 Å². The molecule has 0 bridgehead atoms. The molecule has 1 saturated heterocycles. The van der Waals surface area contributed by atoms with Gasteiger partial charge in [0.05, 0.1) is 5.75 Å². The van der Waals surface area contributed by atoms with Crippen LogP contribution in [0.15, 0.2) is 24.3 Å². The van der Waals surface area contributed by atoms with Crippen LogP contribution >= 0.6 is 12.4 Å². The third kappa shape index (κ3) is 4.15. The molecule has 0 saturated carbocycles. The Bertz CT molecular complexity index is 522. The lowest BCUT2D eigenvalue weighted by atomic mass is 10.1. The van der Waals surface area contributed by atoms with Crippen molar-refractivity contribution in [3.63, 3.8) is 0 Å². The van der Waals surface area contributed by atoms with Crippen molar-refractivity contribution in [2.24, 2.45) is 5.73 Å². The third-order valence-electron chi connectivity index (χ3n) is 3.46. The minimum Gasteiger partial charge on any atom is -0.329 e. The van der Waals surface area contributed by atoms with Crippen molar-refractivity contribution < 1.29 is 12.8 Å². The molecule has 1 aliphatic rings. The van der Waals surface area contributed by atoms with Crippen LogP contribution in [0.5, 0.6) is 0 Å². The van der Waals surface area contributed by atoms with Gasteiger partial charge in [-0.1, -0.05) is 18.6 Å². The van der Waals surface area contributed by atoms with Crippen LogP contribution in [0.1, 0.15) is 24.8 Å². The van der Waals surface area contributed by atoms with Crippen LogP contribution in [0, 0.1) is 5.82 Å². The lowest BCUT2D eigenvalue weighted by Gasteiger charge is -2.33. The average Bonchev–Trinajstić information content (AvgIpc) is 2.41. The van der Waals surface area contributed by atoms with Crippen LogP contribution < -0.4 is 5.73 Å². The quantitative estimate of drug-likeness (QED) is 0.920. The van der Waals surface area contributed by atoms with Crippen molar-refractivity contribution in [3.8, 4) is 0 Å². The van der Waals surface area contributed by atoms with Gasteiger partial charge in [-0.25, -0.2) is 12.8 Å². The topological polar surface area (TPSA) is 63.4 Å². The van der Waals surface area contributed by atoms with E-state index in [-0.39, 0.29) is 30.0 Å². The van der Waals surface area contributed by atoms with E-state index in [9.17, 15) is 12.8 Å². The summed E-state index contributed by atoms with van der Waals surface area (Å²) in [6.07, 6.45) is 2.71. The second-order valence-corrected chi connectivity index (χ2v) is 6.80. The van der Waals surface area contributed by atoms with Gasteiger partial charge in [-0.15, -0.1) is 12.4 Å². The summed E-state index contributed by atoms with van der Waals surface area (Å²) >= 11 is 0. The van der Waals surface area contributed by atoms with Crippen LogP contribution in [0.3, 0.4) is 0 Å². The number of piperidine rings is 1. The highest BCUT2D eigenvalue weighted by molar-refractivity contribution is 7.88. The van der Waals surface area contributed by atoms with E-state index in [0.717, 1.165) is 19.3 Å². The van der Waals surface area contributed by atoms with Gasteiger partial charge < -0.3 is 5.73 Å². The molecule has 1 aromatic rings. The highest BCUT2D eigenvalue weighted by atomic mass is 35.5. The molecule has 1 atom stereocenters. The normalized spacial score (nSPS) is 20.4. The van der Waals surface area contributed by atoms with E-state index >= 15 is 0 Å². The Kier molecular flexibility index (Phi) is 6.39. The van der Waals surface area contributed by atoms with E-state index in [2.05, 4.69) is 0 Å². The number of hydrogen-bond donors (Lipinski definition) is 1. The number of sulfonamides is 1. The Labute approximate surface area is 125 Å². The first-order valence-electron chi connectivity index (χ1n) is 6.47. The van der Waals surface area contributed by atoms with E-state index in [1.807, 2.05) is 0 Å². The maximum Gasteiger partial charge on any atom is 0.218 e. The first kappa shape index (κ1) is 17.4. The highest BCUT2D eigenvalue weighted by Crippen LogP contribution is 2.22. The van der Waals surface area contributed by atoms with Gasteiger partial charge in [0.2, 0.25) is 10.0 Å². The van der Waals surface area contributed by atoms with Crippen molar-refractivity contribution in [3.05, 3.63) is 35.6 Å². The van der Waals surface area contributed by atoms with Gasteiger partial charge in [0, 0.05) is 19.1 Å². The lowest BCUT2D eigenvalue weighted by molar-refractivity contribution is 0.257. The monoisotopic (exact) mass is 322 g/mol. The van der Waals surface area contributed by atoms with Gasteiger partial charge in [0.15, 0.2) is 0 Å². The summed E-state index contributed by atoms with van der Waals surface area (Å²) in [5.74, 6) is -0.456. The summed E-state index contributed by atoms with van der Waals surface area (Å²) in [5.41, 5.74) is 6.25. The summed E-state index contributed by atoms with van der Waals surface area (Å²) in [6, 6.07) is 5.48. The van der Waals surface area contributed by atoms with E-state index in [1.165, 1.54) is 28.6 Å². The van der Waals surface area contributed by atoms with Gasteiger partial charge in [-0.3, -0.25) is 0 Å². The standard InChI is InChI=1S/C13H19FN2O2S.ClH/c14-12-6-4-11(5-7-12)10-19(17,18)16-8-2-1-3-13(16)9-15;/h4-7,13H,1-3,8-10,15H2;1H. The molecular formula is C13H20ClFN2O2S. The second kappa shape index (κ2) is 7.36. The van der Waals surface area contributed by atoms with E-state index in [1.54, 1.807) is 0 Å². The van der Waals surface area contributed by atoms with Crippen molar-refractivity contribution >= 4 is 22.4 Å². The lowest BCUT2D eigenvalue weighted by Crippen LogP contribution is -2.47.